The molecular weight excluding hydrogens is 320 g/mol. The molecule has 1 fully saturated rings. The molecule has 0 radical (unpaired) electrons. The molecule has 1 N–H and O–H groups in total. The molecule has 1 saturated carbocycles. The molecule has 0 bridgehead atoms. The fourth-order valence-electron chi connectivity index (χ4n) is 1.87. The van der Waals surface area contributed by atoms with Gasteiger partial charge in [-0.2, -0.15) is 13.2 Å². The number of aromatic nitrogens is 1. The Balaban J connectivity index is 2.03. The second-order valence-electron chi connectivity index (χ2n) is 4.95. The van der Waals surface area contributed by atoms with E-state index in [-0.39, 0.29) is 22.4 Å². The Bertz CT molecular complexity index is 705. The van der Waals surface area contributed by atoms with E-state index in [0.717, 1.165) is 25.0 Å². The minimum atomic E-state index is -4.97. The van der Waals surface area contributed by atoms with Gasteiger partial charge in [-0.25, -0.2) is 9.37 Å². The maximum atomic E-state index is 13.0. The van der Waals surface area contributed by atoms with Crippen LogP contribution in [0.15, 0.2) is 24.3 Å². The number of nitrogens with zero attached hydrogens (tertiary/aromatic N) is 1. The summed E-state index contributed by atoms with van der Waals surface area (Å²) in [5.74, 6) is -2.45. The smallest absolute Gasteiger partial charge is 0.359 e. The normalized spacial score (nSPS) is 14.9. The van der Waals surface area contributed by atoms with E-state index in [2.05, 4.69) is 10.3 Å². The zero-order valence-electron chi connectivity index (χ0n) is 11.1. The Hall–Kier alpha value is -1.96. The van der Waals surface area contributed by atoms with Crippen LogP contribution in [0.1, 0.15) is 22.5 Å². The predicted molar refractivity (Wildman–Crippen MR) is 74.5 cm³/mol. The molecule has 0 amide bonds. The third-order valence-electron chi connectivity index (χ3n) is 3.11. The SMILES string of the molecule is O=C(c1sc(NC2CC2)nc1-c1ccc(F)cc1)C(F)(F)F. The number of anilines is 1. The van der Waals surface area contributed by atoms with Crippen molar-refractivity contribution in [2.75, 3.05) is 5.32 Å². The summed E-state index contributed by atoms with van der Waals surface area (Å²) in [6.07, 6.45) is -3.12. The number of nitrogens with one attached hydrogen (secondary N) is 1. The number of hydrogen-bond acceptors (Lipinski definition) is 4. The second-order valence-corrected chi connectivity index (χ2v) is 5.95. The highest BCUT2D eigenvalue weighted by Crippen LogP contribution is 2.37. The molecule has 1 heterocycles. The molecule has 0 aliphatic heterocycles. The van der Waals surface area contributed by atoms with E-state index >= 15 is 0 Å². The summed E-state index contributed by atoms with van der Waals surface area (Å²) < 4.78 is 51.1. The van der Waals surface area contributed by atoms with Crippen LogP contribution < -0.4 is 5.32 Å². The van der Waals surface area contributed by atoms with Gasteiger partial charge in [-0.15, -0.1) is 0 Å². The Morgan fingerprint density at radius 3 is 2.41 bits per heavy atom. The Morgan fingerprint density at radius 1 is 1.23 bits per heavy atom. The Kier molecular flexibility index (Phi) is 3.64. The second kappa shape index (κ2) is 5.35. The van der Waals surface area contributed by atoms with Crippen LogP contribution in [0.25, 0.3) is 11.3 Å². The van der Waals surface area contributed by atoms with E-state index in [9.17, 15) is 22.4 Å². The summed E-state index contributed by atoms with van der Waals surface area (Å²) in [7, 11) is 0. The summed E-state index contributed by atoms with van der Waals surface area (Å²) in [6, 6.07) is 5.03. The number of benzene rings is 1. The summed E-state index contributed by atoms with van der Waals surface area (Å²) in [4.78, 5) is 15.2. The minimum absolute atomic E-state index is 0.0736. The number of rotatable bonds is 4. The van der Waals surface area contributed by atoms with Crippen molar-refractivity contribution in [3.8, 4) is 11.3 Å². The summed E-state index contributed by atoms with van der Waals surface area (Å²) in [5, 5.41) is 3.25. The highest BCUT2D eigenvalue weighted by atomic mass is 32.1. The number of ketones is 1. The van der Waals surface area contributed by atoms with E-state index in [1.54, 1.807) is 0 Å². The number of carbonyl (C=O) groups is 1. The van der Waals surface area contributed by atoms with Gasteiger partial charge >= 0.3 is 6.18 Å². The number of thiazole rings is 1. The maximum Gasteiger partial charge on any atom is 0.455 e. The van der Waals surface area contributed by atoms with Gasteiger partial charge in [0.05, 0.1) is 5.69 Å². The van der Waals surface area contributed by atoms with Crippen LogP contribution in [0.4, 0.5) is 22.7 Å². The van der Waals surface area contributed by atoms with Crippen molar-refractivity contribution in [1.29, 1.82) is 0 Å². The highest BCUT2D eigenvalue weighted by molar-refractivity contribution is 7.18. The molecular formula is C14H10F4N2OS. The van der Waals surface area contributed by atoms with Crippen molar-refractivity contribution in [3.63, 3.8) is 0 Å². The van der Waals surface area contributed by atoms with Crippen LogP contribution in [0.2, 0.25) is 0 Å². The first-order valence-corrected chi connectivity index (χ1v) is 7.31. The van der Waals surface area contributed by atoms with Crippen molar-refractivity contribution in [2.24, 2.45) is 0 Å². The first-order valence-electron chi connectivity index (χ1n) is 6.49. The molecule has 1 aliphatic carbocycles. The molecule has 0 spiro atoms. The van der Waals surface area contributed by atoms with E-state index in [1.165, 1.54) is 12.1 Å². The third-order valence-corrected chi connectivity index (χ3v) is 4.10. The maximum absolute atomic E-state index is 13.0. The zero-order chi connectivity index (χ0) is 15.9. The minimum Gasteiger partial charge on any atom is -0.359 e. The fourth-order valence-corrected chi connectivity index (χ4v) is 2.89. The molecule has 116 valence electrons. The van der Waals surface area contributed by atoms with Crippen molar-refractivity contribution in [3.05, 3.63) is 35.0 Å². The summed E-state index contributed by atoms with van der Waals surface area (Å²) >= 11 is 0.676. The molecule has 0 saturated heterocycles. The zero-order valence-corrected chi connectivity index (χ0v) is 11.9. The standard InChI is InChI=1S/C14H10F4N2OS/c15-8-3-1-7(2-4-8)10-11(12(21)14(16,17)18)22-13(20-10)19-9-5-6-9/h1-4,9H,5-6H2,(H,19,20). The average molecular weight is 330 g/mol. The first kappa shape index (κ1) is 15.0. The van der Waals surface area contributed by atoms with Gasteiger partial charge in [-0.1, -0.05) is 11.3 Å². The van der Waals surface area contributed by atoms with Crippen LogP contribution in [-0.4, -0.2) is 23.0 Å². The quantitative estimate of drug-likeness (QED) is 0.672. The van der Waals surface area contributed by atoms with E-state index in [1.807, 2.05) is 0 Å². The lowest BCUT2D eigenvalue weighted by molar-refractivity contribution is -0.0882. The van der Waals surface area contributed by atoms with Gasteiger partial charge in [-0.05, 0) is 37.1 Å². The Morgan fingerprint density at radius 2 is 1.86 bits per heavy atom. The summed E-state index contributed by atoms with van der Waals surface area (Å²) in [6.45, 7) is 0. The molecule has 1 aromatic heterocycles. The van der Waals surface area contributed by atoms with Gasteiger partial charge < -0.3 is 5.32 Å². The molecule has 1 aromatic carbocycles. The van der Waals surface area contributed by atoms with Crippen molar-refractivity contribution in [1.82, 2.24) is 4.98 Å². The molecule has 0 atom stereocenters. The van der Waals surface area contributed by atoms with Crippen molar-refractivity contribution >= 4 is 22.3 Å². The fraction of sp³-hybridized carbons (Fsp3) is 0.286. The molecule has 8 heteroatoms. The van der Waals surface area contributed by atoms with E-state index < -0.39 is 22.7 Å². The monoisotopic (exact) mass is 330 g/mol. The number of hydrogen-bond donors (Lipinski definition) is 1. The van der Waals surface area contributed by atoms with Crippen LogP contribution in [0.5, 0.6) is 0 Å². The molecule has 3 rings (SSSR count). The highest BCUT2D eigenvalue weighted by Gasteiger charge is 2.42. The number of Topliss-reactive ketones (excluding diaryl/α,β-unsaturated/α-hetero) is 1. The lowest BCUT2D eigenvalue weighted by Crippen LogP contribution is -2.22. The predicted octanol–water partition coefficient (Wildman–Crippen LogP) is 4.27. The van der Waals surface area contributed by atoms with Gasteiger partial charge in [0.15, 0.2) is 5.13 Å². The molecule has 0 unspecified atom stereocenters. The van der Waals surface area contributed by atoms with Crippen LogP contribution in [0.3, 0.4) is 0 Å². The molecule has 3 nitrogen and oxygen atoms in total. The van der Waals surface area contributed by atoms with Gasteiger partial charge in [0, 0.05) is 11.6 Å². The van der Waals surface area contributed by atoms with Crippen LogP contribution in [0, 0.1) is 5.82 Å². The molecule has 2 aromatic rings. The average Bonchev–Trinajstić information content (AvgIpc) is 3.16. The Labute approximate surface area is 127 Å². The number of halogens is 4. The van der Waals surface area contributed by atoms with Gasteiger partial charge in [0.2, 0.25) is 0 Å². The van der Waals surface area contributed by atoms with E-state index in [4.69, 9.17) is 0 Å². The molecule has 22 heavy (non-hydrogen) atoms. The largest absolute Gasteiger partial charge is 0.455 e. The summed E-state index contributed by atoms with van der Waals surface area (Å²) in [5.41, 5.74) is 0.199. The van der Waals surface area contributed by atoms with E-state index in [0.29, 0.717) is 11.3 Å². The van der Waals surface area contributed by atoms with Gasteiger partial charge in [-0.3, -0.25) is 4.79 Å². The van der Waals surface area contributed by atoms with Crippen LogP contribution in [-0.2, 0) is 0 Å². The van der Waals surface area contributed by atoms with Gasteiger partial charge in [0.25, 0.3) is 5.78 Å². The first-order chi connectivity index (χ1) is 10.3. The van der Waals surface area contributed by atoms with Crippen molar-refractivity contribution in [2.45, 2.75) is 25.1 Å². The lowest BCUT2D eigenvalue weighted by atomic mass is 10.1. The topological polar surface area (TPSA) is 42.0 Å². The van der Waals surface area contributed by atoms with Crippen LogP contribution >= 0.6 is 11.3 Å². The number of alkyl halides is 3. The molecule has 1 aliphatic rings. The lowest BCUT2D eigenvalue weighted by Gasteiger charge is -2.05. The van der Waals surface area contributed by atoms with Crippen molar-refractivity contribution < 1.29 is 22.4 Å². The number of carbonyl (C=O) groups excluding carboxylic acids is 1. The third kappa shape index (κ3) is 3.11. The van der Waals surface area contributed by atoms with Gasteiger partial charge in [0.1, 0.15) is 10.7 Å².